The molecule has 1 aromatic carbocycles. The lowest BCUT2D eigenvalue weighted by molar-refractivity contribution is 0.469. The lowest BCUT2D eigenvalue weighted by atomic mass is 10.00. The summed E-state index contributed by atoms with van der Waals surface area (Å²) >= 11 is 6.15. The molecule has 1 aromatic rings. The summed E-state index contributed by atoms with van der Waals surface area (Å²) in [7, 11) is 0. The summed E-state index contributed by atoms with van der Waals surface area (Å²) in [4.78, 5) is 0. The third-order valence-electron chi connectivity index (χ3n) is 3.54. The van der Waals surface area contributed by atoms with E-state index >= 15 is 0 Å². The summed E-state index contributed by atoms with van der Waals surface area (Å²) in [6.45, 7) is 3.13. The molecule has 1 aliphatic carbocycles. The van der Waals surface area contributed by atoms with E-state index in [2.05, 4.69) is 12.2 Å². The van der Waals surface area contributed by atoms with Gasteiger partial charge in [0.1, 0.15) is 5.82 Å². The first kappa shape index (κ1) is 13.8. The van der Waals surface area contributed by atoms with E-state index in [9.17, 15) is 4.39 Å². The third-order valence-corrected chi connectivity index (χ3v) is 3.87. The molecule has 0 aliphatic heterocycles. The first-order chi connectivity index (χ1) is 8.70. The van der Waals surface area contributed by atoms with Gasteiger partial charge in [-0.3, -0.25) is 0 Å². The van der Waals surface area contributed by atoms with Crippen molar-refractivity contribution in [1.29, 1.82) is 0 Å². The maximum Gasteiger partial charge on any atom is 0.124 e. The Bertz CT molecular complexity index is 390. The highest BCUT2D eigenvalue weighted by Crippen LogP contribution is 2.37. The summed E-state index contributed by atoms with van der Waals surface area (Å²) in [6.07, 6.45) is 6.18. The molecule has 1 atom stereocenters. The largest absolute Gasteiger partial charge is 0.310 e. The molecule has 0 aromatic heterocycles. The number of rotatable bonds is 7. The summed E-state index contributed by atoms with van der Waals surface area (Å²) < 4.78 is 13.1. The molecule has 1 saturated carbocycles. The maximum atomic E-state index is 13.1. The predicted octanol–water partition coefficient (Wildman–Crippen LogP) is 4.71. The van der Waals surface area contributed by atoms with Crippen LogP contribution in [0.15, 0.2) is 18.2 Å². The van der Waals surface area contributed by atoms with Crippen molar-refractivity contribution in [2.45, 2.75) is 45.1 Å². The Morgan fingerprint density at radius 1 is 1.44 bits per heavy atom. The van der Waals surface area contributed by atoms with Crippen LogP contribution in [0.5, 0.6) is 0 Å². The second-order valence-electron chi connectivity index (χ2n) is 5.19. The fraction of sp³-hybridized carbons (Fsp3) is 0.600. The van der Waals surface area contributed by atoms with E-state index in [-0.39, 0.29) is 11.9 Å². The monoisotopic (exact) mass is 269 g/mol. The number of halogens is 2. The molecule has 0 radical (unpaired) electrons. The normalized spacial score (nSPS) is 16.8. The summed E-state index contributed by atoms with van der Waals surface area (Å²) in [6, 6.07) is 4.99. The predicted molar refractivity (Wildman–Crippen MR) is 74.4 cm³/mol. The van der Waals surface area contributed by atoms with Gasteiger partial charge in [0, 0.05) is 11.1 Å². The molecule has 1 aliphatic rings. The van der Waals surface area contributed by atoms with E-state index in [1.54, 1.807) is 0 Å². The van der Waals surface area contributed by atoms with Crippen LogP contribution < -0.4 is 5.32 Å². The van der Waals surface area contributed by atoms with Gasteiger partial charge in [0.25, 0.3) is 0 Å². The van der Waals surface area contributed by atoms with Crippen molar-refractivity contribution in [1.82, 2.24) is 5.32 Å². The minimum atomic E-state index is -0.264. The number of hydrogen-bond donors (Lipinski definition) is 1. The summed E-state index contributed by atoms with van der Waals surface area (Å²) in [5.74, 6) is 0.648. The Labute approximate surface area is 114 Å². The zero-order valence-electron chi connectivity index (χ0n) is 10.9. The molecular weight excluding hydrogens is 249 g/mol. The molecule has 0 bridgehead atoms. The van der Waals surface area contributed by atoms with Gasteiger partial charge in [-0.05, 0) is 49.4 Å². The minimum absolute atomic E-state index is 0.263. The van der Waals surface area contributed by atoms with Gasteiger partial charge in [0.2, 0.25) is 0 Å². The lowest BCUT2D eigenvalue weighted by Gasteiger charge is -2.20. The van der Waals surface area contributed by atoms with Gasteiger partial charge >= 0.3 is 0 Å². The number of hydrogen-bond acceptors (Lipinski definition) is 1. The maximum absolute atomic E-state index is 13.1. The zero-order chi connectivity index (χ0) is 13.0. The molecule has 100 valence electrons. The van der Waals surface area contributed by atoms with E-state index in [4.69, 9.17) is 11.6 Å². The molecular formula is C15H21ClFN. The molecule has 2 rings (SSSR count). The van der Waals surface area contributed by atoms with Crippen molar-refractivity contribution in [2.24, 2.45) is 5.92 Å². The SMILES string of the molecule is CCCNC(CCC1CC1)c1ccc(F)cc1Cl. The van der Waals surface area contributed by atoms with E-state index in [1.165, 1.54) is 31.4 Å². The molecule has 1 N–H and O–H groups in total. The van der Waals surface area contributed by atoms with Crippen molar-refractivity contribution in [2.75, 3.05) is 6.54 Å². The number of nitrogens with one attached hydrogen (secondary N) is 1. The summed E-state index contributed by atoms with van der Waals surface area (Å²) in [5, 5.41) is 4.06. The first-order valence-corrected chi connectivity index (χ1v) is 7.26. The average molecular weight is 270 g/mol. The van der Waals surface area contributed by atoms with Crippen LogP contribution in [0.25, 0.3) is 0 Å². The van der Waals surface area contributed by atoms with Gasteiger partial charge in [-0.15, -0.1) is 0 Å². The fourth-order valence-electron chi connectivity index (χ4n) is 2.28. The minimum Gasteiger partial charge on any atom is -0.310 e. The molecule has 0 amide bonds. The van der Waals surface area contributed by atoms with Crippen molar-refractivity contribution in [3.05, 3.63) is 34.6 Å². The van der Waals surface area contributed by atoms with Gasteiger partial charge in [-0.25, -0.2) is 4.39 Å². The highest BCUT2D eigenvalue weighted by atomic mass is 35.5. The van der Waals surface area contributed by atoms with E-state index in [1.807, 2.05) is 6.07 Å². The number of benzene rings is 1. The highest BCUT2D eigenvalue weighted by Gasteiger charge is 2.23. The van der Waals surface area contributed by atoms with E-state index < -0.39 is 0 Å². The standard InChI is InChI=1S/C15H21ClFN/c1-2-9-18-15(8-5-11-3-4-11)13-7-6-12(17)10-14(13)16/h6-7,10-11,15,18H,2-5,8-9H2,1H3. The Kier molecular flexibility index (Phi) is 5.02. The van der Waals surface area contributed by atoms with Crippen LogP contribution in [0.1, 0.15) is 50.6 Å². The average Bonchev–Trinajstić information content (AvgIpc) is 3.14. The lowest BCUT2D eigenvalue weighted by Crippen LogP contribution is -2.22. The van der Waals surface area contributed by atoms with Crippen LogP contribution in [0.2, 0.25) is 5.02 Å². The van der Waals surface area contributed by atoms with Crippen LogP contribution in [0.4, 0.5) is 4.39 Å². The second-order valence-corrected chi connectivity index (χ2v) is 5.60. The smallest absolute Gasteiger partial charge is 0.124 e. The quantitative estimate of drug-likeness (QED) is 0.756. The van der Waals surface area contributed by atoms with Gasteiger partial charge in [0.05, 0.1) is 0 Å². The zero-order valence-corrected chi connectivity index (χ0v) is 11.6. The Hall–Kier alpha value is -0.600. The molecule has 0 heterocycles. The van der Waals surface area contributed by atoms with Crippen LogP contribution >= 0.6 is 11.6 Å². The molecule has 1 fully saturated rings. The first-order valence-electron chi connectivity index (χ1n) is 6.89. The van der Waals surface area contributed by atoms with E-state index in [0.717, 1.165) is 30.9 Å². The summed E-state index contributed by atoms with van der Waals surface area (Å²) in [5.41, 5.74) is 1.03. The van der Waals surface area contributed by atoms with Gasteiger partial charge in [-0.1, -0.05) is 37.4 Å². The molecule has 18 heavy (non-hydrogen) atoms. The van der Waals surface area contributed by atoms with Crippen molar-refractivity contribution >= 4 is 11.6 Å². The van der Waals surface area contributed by atoms with Crippen LogP contribution in [0.3, 0.4) is 0 Å². The molecule has 1 unspecified atom stereocenters. The third kappa shape index (κ3) is 3.96. The topological polar surface area (TPSA) is 12.0 Å². The Balaban J connectivity index is 2.04. The fourth-order valence-corrected chi connectivity index (χ4v) is 2.58. The molecule has 1 nitrogen and oxygen atoms in total. The van der Waals surface area contributed by atoms with Crippen molar-refractivity contribution in [3.8, 4) is 0 Å². The van der Waals surface area contributed by atoms with Crippen LogP contribution in [0, 0.1) is 11.7 Å². The van der Waals surface area contributed by atoms with E-state index in [0.29, 0.717) is 5.02 Å². The Morgan fingerprint density at radius 2 is 2.22 bits per heavy atom. The van der Waals surface area contributed by atoms with Gasteiger partial charge < -0.3 is 5.32 Å². The van der Waals surface area contributed by atoms with Crippen molar-refractivity contribution in [3.63, 3.8) is 0 Å². The Morgan fingerprint density at radius 3 is 2.83 bits per heavy atom. The highest BCUT2D eigenvalue weighted by molar-refractivity contribution is 6.31. The molecule has 3 heteroatoms. The second kappa shape index (κ2) is 6.53. The van der Waals surface area contributed by atoms with Crippen LogP contribution in [-0.4, -0.2) is 6.54 Å². The van der Waals surface area contributed by atoms with Crippen LogP contribution in [-0.2, 0) is 0 Å². The molecule has 0 saturated heterocycles. The van der Waals surface area contributed by atoms with Gasteiger partial charge in [-0.2, -0.15) is 0 Å². The molecule has 0 spiro atoms. The van der Waals surface area contributed by atoms with Gasteiger partial charge in [0.15, 0.2) is 0 Å². The van der Waals surface area contributed by atoms with Crippen molar-refractivity contribution < 1.29 is 4.39 Å².